The Balaban J connectivity index is 2.05. The summed E-state index contributed by atoms with van der Waals surface area (Å²) in [5.41, 5.74) is 1.33. The van der Waals surface area contributed by atoms with Crippen molar-refractivity contribution in [1.82, 2.24) is 9.97 Å². The molecule has 1 aliphatic heterocycles. The van der Waals surface area contributed by atoms with Gasteiger partial charge < -0.3 is 4.90 Å². The van der Waals surface area contributed by atoms with Gasteiger partial charge in [0.1, 0.15) is 17.0 Å². The van der Waals surface area contributed by atoms with Crippen LogP contribution in [0, 0.1) is 19.8 Å². The number of aromatic nitrogens is 2. The van der Waals surface area contributed by atoms with Crippen molar-refractivity contribution in [2.45, 2.75) is 32.0 Å². The number of anilines is 1. The zero-order valence-electron chi connectivity index (χ0n) is 11.5. The van der Waals surface area contributed by atoms with Gasteiger partial charge in [-0.2, -0.15) is 0 Å². The van der Waals surface area contributed by atoms with Gasteiger partial charge in [-0.1, -0.05) is 22.9 Å². The minimum absolute atomic E-state index is 0.548. The topological polar surface area (TPSA) is 29.0 Å². The predicted molar refractivity (Wildman–Crippen MR) is 85.6 cm³/mol. The van der Waals surface area contributed by atoms with Crippen LogP contribution < -0.4 is 4.90 Å². The van der Waals surface area contributed by atoms with Gasteiger partial charge in [0, 0.05) is 22.8 Å². The van der Waals surface area contributed by atoms with Crippen molar-refractivity contribution in [3.05, 3.63) is 16.8 Å². The molecular formula is C14H18BrN3S. The van der Waals surface area contributed by atoms with Crippen LogP contribution in [0.1, 0.15) is 23.8 Å². The van der Waals surface area contributed by atoms with E-state index in [-0.39, 0.29) is 0 Å². The highest BCUT2D eigenvalue weighted by molar-refractivity contribution is 9.09. The van der Waals surface area contributed by atoms with Gasteiger partial charge in [0.25, 0.3) is 0 Å². The first-order valence-corrected chi connectivity index (χ1v) is 8.41. The summed E-state index contributed by atoms with van der Waals surface area (Å²) in [6, 6.07) is 0. The highest BCUT2D eigenvalue weighted by Gasteiger charge is 2.26. The Morgan fingerprint density at radius 2 is 2.16 bits per heavy atom. The molecule has 3 heterocycles. The summed E-state index contributed by atoms with van der Waals surface area (Å²) >= 11 is 5.57. The van der Waals surface area contributed by atoms with E-state index in [0.29, 0.717) is 4.83 Å². The van der Waals surface area contributed by atoms with E-state index in [1.807, 2.05) is 0 Å². The number of halogens is 1. The van der Waals surface area contributed by atoms with Gasteiger partial charge in [0.05, 0.1) is 5.39 Å². The van der Waals surface area contributed by atoms with Crippen molar-refractivity contribution in [2.24, 2.45) is 5.92 Å². The van der Waals surface area contributed by atoms with E-state index in [9.17, 15) is 0 Å². The number of hydrogen-bond donors (Lipinski definition) is 0. The van der Waals surface area contributed by atoms with E-state index in [1.54, 1.807) is 17.7 Å². The lowest BCUT2D eigenvalue weighted by atomic mass is 9.99. The maximum Gasteiger partial charge on any atom is 0.141 e. The Hall–Kier alpha value is -0.680. The molecule has 3 rings (SSSR count). The van der Waals surface area contributed by atoms with Crippen molar-refractivity contribution in [1.29, 1.82) is 0 Å². The van der Waals surface area contributed by atoms with Gasteiger partial charge in [0.2, 0.25) is 0 Å². The lowest BCUT2D eigenvalue weighted by Crippen LogP contribution is -2.40. The highest BCUT2D eigenvalue weighted by atomic mass is 79.9. The molecular weight excluding hydrogens is 322 g/mol. The second-order valence-corrected chi connectivity index (χ2v) is 7.77. The van der Waals surface area contributed by atoms with E-state index in [2.05, 4.69) is 51.6 Å². The number of alkyl halides is 1. The predicted octanol–water partition coefficient (Wildman–Crippen LogP) is 3.92. The molecule has 0 N–H and O–H groups in total. The first-order chi connectivity index (χ1) is 9.08. The van der Waals surface area contributed by atoms with Crippen molar-refractivity contribution in [3.63, 3.8) is 0 Å². The Morgan fingerprint density at radius 1 is 1.37 bits per heavy atom. The molecule has 0 aliphatic carbocycles. The molecule has 5 heteroatoms. The maximum absolute atomic E-state index is 4.56. The monoisotopic (exact) mass is 339 g/mol. The molecule has 3 nitrogen and oxygen atoms in total. The highest BCUT2D eigenvalue weighted by Crippen LogP contribution is 2.36. The fourth-order valence-electron chi connectivity index (χ4n) is 2.62. The normalized spacial score (nSPS) is 24.1. The van der Waals surface area contributed by atoms with Gasteiger partial charge >= 0.3 is 0 Å². The molecule has 2 atom stereocenters. The molecule has 1 aliphatic rings. The summed E-state index contributed by atoms with van der Waals surface area (Å²) in [6.45, 7) is 8.77. The minimum atomic E-state index is 0.548. The number of rotatable bonds is 1. The lowest BCUT2D eigenvalue weighted by molar-refractivity contribution is 0.455. The lowest BCUT2D eigenvalue weighted by Gasteiger charge is -2.35. The van der Waals surface area contributed by atoms with Gasteiger partial charge in [-0.3, -0.25) is 0 Å². The van der Waals surface area contributed by atoms with Gasteiger partial charge in [0.15, 0.2) is 0 Å². The molecule has 2 unspecified atom stereocenters. The molecule has 0 aromatic carbocycles. The van der Waals surface area contributed by atoms with Crippen LogP contribution in [0.5, 0.6) is 0 Å². The van der Waals surface area contributed by atoms with Crippen LogP contribution in [-0.4, -0.2) is 27.9 Å². The third-order valence-electron chi connectivity index (χ3n) is 4.11. The first kappa shape index (κ1) is 13.3. The number of thiophene rings is 1. The van der Waals surface area contributed by atoms with Crippen LogP contribution in [0.2, 0.25) is 0 Å². The van der Waals surface area contributed by atoms with Gasteiger partial charge in [-0.15, -0.1) is 11.3 Å². The summed E-state index contributed by atoms with van der Waals surface area (Å²) < 4.78 is 0. The zero-order valence-corrected chi connectivity index (χ0v) is 13.9. The first-order valence-electron chi connectivity index (χ1n) is 6.67. The number of piperidine rings is 1. The third-order valence-corrected chi connectivity index (χ3v) is 6.42. The average Bonchev–Trinajstić information content (AvgIpc) is 2.69. The van der Waals surface area contributed by atoms with Crippen LogP contribution in [0.15, 0.2) is 6.33 Å². The Bertz CT molecular complexity index is 610. The fraction of sp³-hybridized carbons (Fsp3) is 0.571. The molecule has 102 valence electrons. The van der Waals surface area contributed by atoms with E-state index in [1.165, 1.54) is 22.2 Å². The summed E-state index contributed by atoms with van der Waals surface area (Å²) in [5.74, 6) is 1.85. The summed E-state index contributed by atoms with van der Waals surface area (Å²) in [6.07, 6.45) is 2.91. The second-order valence-electron chi connectivity index (χ2n) is 5.39. The molecule has 0 radical (unpaired) electrons. The van der Waals surface area contributed by atoms with Crippen LogP contribution in [0.25, 0.3) is 10.2 Å². The standard InChI is InChI=1S/C14H18BrN3S/c1-8-4-5-18(6-11(8)15)13-12-9(2)10(3)19-14(12)17-7-16-13/h7-8,11H,4-6H2,1-3H3. The molecule has 0 amide bonds. The van der Waals surface area contributed by atoms with E-state index >= 15 is 0 Å². The number of hydrogen-bond acceptors (Lipinski definition) is 4. The average molecular weight is 340 g/mol. The Morgan fingerprint density at radius 3 is 2.89 bits per heavy atom. The number of aryl methyl sites for hydroxylation is 2. The molecule has 1 fully saturated rings. The van der Waals surface area contributed by atoms with Gasteiger partial charge in [-0.05, 0) is 31.7 Å². The van der Waals surface area contributed by atoms with Gasteiger partial charge in [-0.25, -0.2) is 9.97 Å². The van der Waals surface area contributed by atoms with Crippen LogP contribution in [0.4, 0.5) is 5.82 Å². The Labute approximate surface area is 126 Å². The molecule has 1 saturated heterocycles. The van der Waals surface area contributed by atoms with Crippen molar-refractivity contribution in [3.8, 4) is 0 Å². The SMILES string of the molecule is Cc1sc2ncnc(N3CCC(C)C(Br)C3)c2c1C. The number of nitrogens with zero attached hydrogens (tertiary/aromatic N) is 3. The number of fused-ring (bicyclic) bond motifs is 1. The van der Waals surface area contributed by atoms with Crippen LogP contribution >= 0.6 is 27.3 Å². The Kier molecular flexibility index (Phi) is 3.52. The molecule has 0 saturated carbocycles. The van der Waals surface area contributed by atoms with Crippen molar-refractivity contribution >= 4 is 43.3 Å². The van der Waals surface area contributed by atoms with Crippen LogP contribution in [-0.2, 0) is 0 Å². The molecule has 0 spiro atoms. The fourth-order valence-corrected chi connectivity index (χ4v) is 4.22. The van der Waals surface area contributed by atoms with E-state index < -0.39 is 0 Å². The minimum Gasteiger partial charge on any atom is -0.355 e. The third kappa shape index (κ3) is 2.27. The molecule has 0 bridgehead atoms. The smallest absolute Gasteiger partial charge is 0.141 e. The zero-order chi connectivity index (χ0) is 13.6. The summed E-state index contributed by atoms with van der Waals surface area (Å²) in [5, 5.41) is 1.25. The van der Waals surface area contributed by atoms with E-state index in [0.717, 1.165) is 29.7 Å². The second kappa shape index (κ2) is 5.02. The quantitative estimate of drug-likeness (QED) is 0.737. The molecule has 19 heavy (non-hydrogen) atoms. The maximum atomic E-state index is 4.56. The summed E-state index contributed by atoms with van der Waals surface area (Å²) in [4.78, 5) is 14.4. The molecule has 2 aromatic heterocycles. The summed E-state index contributed by atoms with van der Waals surface area (Å²) in [7, 11) is 0. The van der Waals surface area contributed by atoms with Crippen LogP contribution in [0.3, 0.4) is 0 Å². The van der Waals surface area contributed by atoms with Crippen molar-refractivity contribution in [2.75, 3.05) is 18.0 Å². The molecule has 2 aromatic rings. The van der Waals surface area contributed by atoms with Crippen molar-refractivity contribution < 1.29 is 0 Å². The largest absolute Gasteiger partial charge is 0.355 e. The van der Waals surface area contributed by atoms with E-state index in [4.69, 9.17) is 0 Å².